The molecule has 26 heavy (non-hydrogen) atoms. The number of rotatable bonds is 3. The highest BCUT2D eigenvalue weighted by Crippen LogP contribution is 2.29. The van der Waals surface area contributed by atoms with E-state index in [0.717, 1.165) is 19.3 Å². The van der Waals surface area contributed by atoms with Crippen molar-refractivity contribution < 1.29 is 4.79 Å². The van der Waals surface area contributed by atoms with Gasteiger partial charge in [-0.05, 0) is 49.4 Å². The maximum atomic E-state index is 12.7. The Bertz CT molecular complexity index is 1040. The van der Waals surface area contributed by atoms with E-state index in [9.17, 15) is 9.59 Å². The molecule has 1 aliphatic carbocycles. The molecule has 1 amide bonds. The van der Waals surface area contributed by atoms with Crippen LogP contribution in [0, 0.1) is 6.92 Å². The van der Waals surface area contributed by atoms with Crippen LogP contribution in [0.2, 0.25) is 0 Å². The maximum Gasteiger partial charge on any atom is 0.261 e. The lowest BCUT2D eigenvalue weighted by Crippen LogP contribution is -2.37. The van der Waals surface area contributed by atoms with Gasteiger partial charge in [0.15, 0.2) is 0 Å². The third-order valence-electron chi connectivity index (χ3n) is 5.06. The maximum absolute atomic E-state index is 12.7. The first-order valence-corrected chi connectivity index (χ1v) is 8.97. The molecule has 1 unspecified atom stereocenters. The molecule has 1 N–H and O–H groups in total. The number of aryl methyl sites for hydroxylation is 2. The van der Waals surface area contributed by atoms with E-state index in [1.165, 1.54) is 15.7 Å². The summed E-state index contributed by atoms with van der Waals surface area (Å²) in [6, 6.07) is 15.5. The van der Waals surface area contributed by atoms with Crippen molar-refractivity contribution in [3.8, 4) is 0 Å². The first-order chi connectivity index (χ1) is 12.6. The number of amides is 1. The molecule has 3 aromatic rings. The summed E-state index contributed by atoms with van der Waals surface area (Å²) in [7, 11) is 0. The van der Waals surface area contributed by atoms with Crippen molar-refractivity contribution in [3.63, 3.8) is 0 Å². The highest BCUT2D eigenvalue weighted by atomic mass is 16.2. The molecule has 5 heteroatoms. The Morgan fingerprint density at radius 3 is 2.85 bits per heavy atom. The van der Waals surface area contributed by atoms with E-state index in [2.05, 4.69) is 22.4 Å². The van der Waals surface area contributed by atoms with Crippen LogP contribution >= 0.6 is 0 Å². The lowest BCUT2D eigenvalue weighted by molar-refractivity contribution is -0.122. The van der Waals surface area contributed by atoms with Crippen LogP contribution in [-0.4, -0.2) is 15.5 Å². The first kappa shape index (κ1) is 16.5. The summed E-state index contributed by atoms with van der Waals surface area (Å²) < 4.78 is 1.45. The van der Waals surface area contributed by atoms with Crippen molar-refractivity contribution in [3.05, 3.63) is 75.8 Å². The Balaban J connectivity index is 1.58. The van der Waals surface area contributed by atoms with E-state index in [1.807, 2.05) is 30.3 Å². The van der Waals surface area contributed by atoms with Crippen molar-refractivity contribution in [1.82, 2.24) is 14.9 Å². The summed E-state index contributed by atoms with van der Waals surface area (Å²) in [5.74, 6) is 0.391. The molecule has 1 atom stereocenters. The number of aromatic nitrogens is 2. The van der Waals surface area contributed by atoms with Gasteiger partial charge in [-0.2, -0.15) is 0 Å². The van der Waals surface area contributed by atoms with Gasteiger partial charge < -0.3 is 5.32 Å². The molecule has 0 aliphatic heterocycles. The van der Waals surface area contributed by atoms with Crippen molar-refractivity contribution in [1.29, 1.82) is 0 Å². The molecule has 0 saturated heterocycles. The van der Waals surface area contributed by atoms with Gasteiger partial charge in [-0.3, -0.25) is 14.2 Å². The lowest BCUT2D eigenvalue weighted by atomic mass is 9.88. The minimum atomic E-state index is -0.174. The Kier molecular flexibility index (Phi) is 4.29. The predicted molar refractivity (Wildman–Crippen MR) is 101 cm³/mol. The Morgan fingerprint density at radius 1 is 1.19 bits per heavy atom. The number of fused-ring (bicyclic) bond motifs is 2. The van der Waals surface area contributed by atoms with Gasteiger partial charge in [0.05, 0.1) is 16.9 Å². The highest BCUT2D eigenvalue weighted by Gasteiger charge is 2.22. The van der Waals surface area contributed by atoms with E-state index in [-0.39, 0.29) is 24.1 Å². The summed E-state index contributed by atoms with van der Waals surface area (Å²) in [6.45, 7) is 1.75. The van der Waals surface area contributed by atoms with E-state index < -0.39 is 0 Å². The topological polar surface area (TPSA) is 64.0 Å². The number of benzene rings is 2. The summed E-state index contributed by atoms with van der Waals surface area (Å²) in [5.41, 5.74) is 2.97. The predicted octanol–water partition coefficient (Wildman–Crippen LogP) is 2.90. The molecule has 2 aromatic carbocycles. The molecule has 1 heterocycles. The summed E-state index contributed by atoms with van der Waals surface area (Å²) in [5, 5.41) is 3.64. The Hall–Kier alpha value is -2.95. The van der Waals surface area contributed by atoms with E-state index in [0.29, 0.717) is 16.7 Å². The van der Waals surface area contributed by atoms with Gasteiger partial charge in [0.2, 0.25) is 5.91 Å². The second-order valence-electron chi connectivity index (χ2n) is 6.78. The van der Waals surface area contributed by atoms with E-state index in [1.54, 1.807) is 13.0 Å². The average Bonchev–Trinajstić information content (AvgIpc) is 2.65. The van der Waals surface area contributed by atoms with Crippen LogP contribution < -0.4 is 10.9 Å². The first-order valence-electron chi connectivity index (χ1n) is 8.97. The van der Waals surface area contributed by atoms with Crippen LogP contribution in [0.25, 0.3) is 10.9 Å². The van der Waals surface area contributed by atoms with Crippen LogP contribution in [-0.2, 0) is 17.8 Å². The summed E-state index contributed by atoms with van der Waals surface area (Å²) in [6.07, 6.45) is 3.03. The second kappa shape index (κ2) is 6.75. The zero-order chi connectivity index (χ0) is 18.1. The molecule has 0 radical (unpaired) electrons. The van der Waals surface area contributed by atoms with Crippen molar-refractivity contribution in [2.24, 2.45) is 0 Å². The zero-order valence-electron chi connectivity index (χ0n) is 14.7. The van der Waals surface area contributed by atoms with E-state index >= 15 is 0 Å². The number of carbonyl (C=O) groups is 1. The van der Waals surface area contributed by atoms with E-state index in [4.69, 9.17) is 0 Å². The average molecular weight is 347 g/mol. The third kappa shape index (κ3) is 3.01. The van der Waals surface area contributed by atoms with Gasteiger partial charge in [0, 0.05) is 0 Å². The molecule has 132 valence electrons. The fourth-order valence-corrected chi connectivity index (χ4v) is 3.75. The third-order valence-corrected chi connectivity index (χ3v) is 5.06. The van der Waals surface area contributed by atoms with Crippen LogP contribution in [0.4, 0.5) is 0 Å². The van der Waals surface area contributed by atoms with Crippen molar-refractivity contribution >= 4 is 16.8 Å². The largest absolute Gasteiger partial charge is 0.348 e. The second-order valence-corrected chi connectivity index (χ2v) is 6.78. The highest BCUT2D eigenvalue weighted by molar-refractivity contribution is 5.79. The number of hydrogen-bond donors (Lipinski definition) is 1. The Labute approximate surface area is 151 Å². The van der Waals surface area contributed by atoms with Crippen molar-refractivity contribution in [2.75, 3.05) is 0 Å². The molecule has 1 aromatic heterocycles. The van der Waals surface area contributed by atoms with Gasteiger partial charge >= 0.3 is 0 Å². The molecular formula is C21H21N3O2. The quantitative estimate of drug-likeness (QED) is 0.792. The van der Waals surface area contributed by atoms with Gasteiger partial charge in [0.25, 0.3) is 5.56 Å². The summed E-state index contributed by atoms with van der Waals surface area (Å²) >= 11 is 0. The number of carbonyl (C=O) groups excluding carboxylic acids is 1. The van der Waals surface area contributed by atoms with Gasteiger partial charge in [-0.1, -0.05) is 36.4 Å². The van der Waals surface area contributed by atoms with Crippen LogP contribution in [0.15, 0.2) is 53.3 Å². The smallest absolute Gasteiger partial charge is 0.261 e. The minimum Gasteiger partial charge on any atom is -0.348 e. The molecule has 1 aliphatic rings. The molecule has 0 bridgehead atoms. The Morgan fingerprint density at radius 2 is 1.96 bits per heavy atom. The molecule has 4 rings (SSSR count). The monoisotopic (exact) mass is 347 g/mol. The molecular weight excluding hydrogens is 326 g/mol. The van der Waals surface area contributed by atoms with Gasteiger partial charge in [-0.25, -0.2) is 4.98 Å². The number of hydrogen-bond acceptors (Lipinski definition) is 3. The zero-order valence-corrected chi connectivity index (χ0v) is 14.7. The molecule has 0 spiro atoms. The molecule has 0 fully saturated rings. The number of nitrogens with one attached hydrogen (secondary N) is 1. The van der Waals surface area contributed by atoms with Gasteiger partial charge in [-0.15, -0.1) is 0 Å². The van der Waals surface area contributed by atoms with Crippen LogP contribution in [0.1, 0.15) is 35.8 Å². The fraction of sp³-hybridized carbons (Fsp3) is 0.286. The van der Waals surface area contributed by atoms with Gasteiger partial charge in [0.1, 0.15) is 12.4 Å². The fourth-order valence-electron chi connectivity index (χ4n) is 3.75. The number of nitrogens with zero attached hydrogens (tertiary/aromatic N) is 2. The van der Waals surface area contributed by atoms with Crippen LogP contribution in [0.3, 0.4) is 0 Å². The SMILES string of the molecule is Cc1nc2ccccc2c(=O)n1CC(=O)NC1CCCc2ccccc21. The van der Waals surface area contributed by atoms with Crippen LogP contribution in [0.5, 0.6) is 0 Å². The molecule has 0 saturated carbocycles. The molecule has 5 nitrogen and oxygen atoms in total. The standard InChI is InChI=1S/C21H21N3O2/c1-14-22-19-11-5-4-10-17(19)21(26)24(14)13-20(25)23-18-12-6-8-15-7-2-3-9-16(15)18/h2-5,7,9-11,18H,6,8,12-13H2,1H3,(H,23,25). The number of para-hydroxylation sites is 1. The minimum absolute atomic E-state index is 0.0110. The van der Waals surface area contributed by atoms with Crippen molar-refractivity contribution in [2.45, 2.75) is 38.8 Å². The summed E-state index contributed by atoms with van der Waals surface area (Å²) in [4.78, 5) is 29.8. The lowest BCUT2D eigenvalue weighted by Gasteiger charge is -2.26. The normalized spacial score (nSPS) is 16.3.